The van der Waals surface area contributed by atoms with Crippen LogP contribution in [0.1, 0.15) is 11.6 Å². The third kappa shape index (κ3) is 2.06. The van der Waals surface area contributed by atoms with E-state index in [1.165, 1.54) is 5.56 Å². The van der Waals surface area contributed by atoms with Crippen LogP contribution in [0.2, 0.25) is 0 Å². The molecule has 1 aromatic rings. The molecular weight excluding hydrogens is 164 g/mol. The summed E-state index contributed by atoms with van der Waals surface area (Å²) in [5.41, 5.74) is 1.27. The van der Waals surface area contributed by atoms with Gasteiger partial charge in [-0.05, 0) is 5.56 Å². The lowest BCUT2D eigenvalue weighted by Gasteiger charge is -2.28. The van der Waals surface area contributed by atoms with Gasteiger partial charge in [0.2, 0.25) is 0 Å². The molecule has 1 aliphatic rings. The highest BCUT2D eigenvalue weighted by Gasteiger charge is 2.18. The van der Waals surface area contributed by atoms with Gasteiger partial charge in [0.1, 0.15) is 6.23 Å². The number of benzene rings is 1. The molecule has 1 fully saturated rings. The van der Waals surface area contributed by atoms with Gasteiger partial charge in [-0.15, -0.1) is 0 Å². The largest absolute Gasteiger partial charge is 0.377 e. The monoisotopic (exact) mass is 178 g/mol. The number of aliphatic hydroxyl groups is 1. The third-order valence-electron chi connectivity index (χ3n) is 2.32. The van der Waals surface area contributed by atoms with E-state index in [4.69, 9.17) is 0 Å². The van der Waals surface area contributed by atoms with E-state index in [1.807, 2.05) is 18.2 Å². The van der Waals surface area contributed by atoms with Crippen molar-refractivity contribution in [1.29, 1.82) is 0 Å². The highest BCUT2D eigenvalue weighted by Crippen LogP contribution is 2.13. The van der Waals surface area contributed by atoms with Crippen LogP contribution in [0.15, 0.2) is 30.3 Å². The molecule has 1 aromatic carbocycles. The Kier molecular flexibility index (Phi) is 2.59. The highest BCUT2D eigenvalue weighted by molar-refractivity contribution is 5.19. The molecule has 3 nitrogen and oxygen atoms in total. The van der Waals surface area contributed by atoms with Crippen LogP contribution in [0.3, 0.4) is 0 Å². The zero-order chi connectivity index (χ0) is 9.10. The van der Waals surface area contributed by atoms with E-state index in [-0.39, 0.29) is 0 Å². The number of nitrogens with one attached hydrogen (secondary N) is 2. The minimum atomic E-state index is -0.403. The Morgan fingerprint density at radius 2 is 1.85 bits per heavy atom. The number of hydrogen-bond donors (Lipinski definition) is 3. The van der Waals surface area contributed by atoms with Gasteiger partial charge in [-0.3, -0.25) is 5.32 Å². The topological polar surface area (TPSA) is 44.3 Å². The van der Waals surface area contributed by atoms with Gasteiger partial charge < -0.3 is 10.4 Å². The molecule has 2 rings (SSSR count). The Morgan fingerprint density at radius 3 is 2.46 bits per heavy atom. The van der Waals surface area contributed by atoms with Crippen LogP contribution in [-0.4, -0.2) is 24.4 Å². The molecule has 3 heteroatoms. The van der Waals surface area contributed by atoms with Crippen molar-refractivity contribution in [3.8, 4) is 0 Å². The smallest absolute Gasteiger partial charge is 0.117 e. The van der Waals surface area contributed by atoms with Crippen molar-refractivity contribution >= 4 is 0 Å². The van der Waals surface area contributed by atoms with Crippen LogP contribution in [0.4, 0.5) is 0 Å². The molecule has 2 atom stereocenters. The van der Waals surface area contributed by atoms with E-state index in [1.54, 1.807) is 0 Å². The van der Waals surface area contributed by atoms with Gasteiger partial charge in [0.05, 0.1) is 0 Å². The van der Waals surface area contributed by atoms with E-state index in [9.17, 15) is 5.11 Å². The number of β-amino-alcohol motifs (C(OH)–C–C–N with tert-alkyl or cyclic N) is 1. The van der Waals surface area contributed by atoms with E-state index in [2.05, 4.69) is 22.8 Å². The van der Waals surface area contributed by atoms with Gasteiger partial charge in [-0.25, -0.2) is 0 Å². The number of hydrogen-bond acceptors (Lipinski definition) is 3. The van der Waals surface area contributed by atoms with Crippen molar-refractivity contribution in [3.63, 3.8) is 0 Å². The van der Waals surface area contributed by atoms with Gasteiger partial charge in [0.15, 0.2) is 0 Å². The Hall–Kier alpha value is -0.900. The van der Waals surface area contributed by atoms with Crippen LogP contribution in [0.25, 0.3) is 0 Å². The highest BCUT2D eigenvalue weighted by atomic mass is 16.3. The summed E-state index contributed by atoms with van der Waals surface area (Å²) >= 11 is 0. The molecule has 1 aliphatic heterocycles. The zero-order valence-electron chi connectivity index (χ0n) is 7.40. The molecule has 2 unspecified atom stereocenters. The summed E-state index contributed by atoms with van der Waals surface area (Å²) in [4.78, 5) is 0. The first-order valence-electron chi connectivity index (χ1n) is 4.56. The molecular formula is C10H14N2O. The van der Waals surface area contributed by atoms with Crippen LogP contribution in [-0.2, 0) is 0 Å². The number of rotatable bonds is 1. The van der Waals surface area contributed by atoms with E-state index in [0.717, 1.165) is 6.54 Å². The van der Waals surface area contributed by atoms with Crippen molar-refractivity contribution in [3.05, 3.63) is 35.9 Å². The maximum Gasteiger partial charge on any atom is 0.117 e. The molecule has 0 spiro atoms. The molecule has 0 aromatic heterocycles. The van der Waals surface area contributed by atoms with Crippen molar-refractivity contribution in [2.75, 3.05) is 13.1 Å². The Bertz CT molecular complexity index is 255. The fraction of sp³-hybridized carbons (Fsp3) is 0.400. The second-order valence-corrected chi connectivity index (χ2v) is 3.30. The van der Waals surface area contributed by atoms with Crippen LogP contribution in [0.5, 0.6) is 0 Å². The van der Waals surface area contributed by atoms with E-state index < -0.39 is 6.23 Å². The van der Waals surface area contributed by atoms with Crippen LogP contribution >= 0.6 is 0 Å². The molecule has 70 valence electrons. The fourth-order valence-corrected chi connectivity index (χ4v) is 1.57. The molecule has 1 saturated heterocycles. The van der Waals surface area contributed by atoms with Crippen molar-refractivity contribution < 1.29 is 5.11 Å². The first-order chi connectivity index (χ1) is 6.36. The molecule has 13 heavy (non-hydrogen) atoms. The molecule has 0 saturated carbocycles. The van der Waals surface area contributed by atoms with Crippen LogP contribution < -0.4 is 10.6 Å². The molecule has 0 bridgehead atoms. The molecule has 1 heterocycles. The zero-order valence-corrected chi connectivity index (χ0v) is 7.40. The average molecular weight is 178 g/mol. The van der Waals surface area contributed by atoms with Gasteiger partial charge in [-0.1, -0.05) is 30.3 Å². The quantitative estimate of drug-likeness (QED) is 0.577. The minimum Gasteiger partial charge on any atom is -0.377 e. The summed E-state index contributed by atoms with van der Waals surface area (Å²) in [7, 11) is 0. The van der Waals surface area contributed by atoms with E-state index in [0.29, 0.717) is 12.6 Å². The summed E-state index contributed by atoms with van der Waals surface area (Å²) in [6, 6.07) is 10.6. The Morgan fingerprint density at radius 1 is 1.08 bits per heavy atom. The van der Waals surface area contributed by atoms with Gasteiger partial charge in [0.25, 0.3) is 0 Å². The first-order valence-corrected chi connectivity index (χ1v) is 4.56. The summed E-state index contributed by atoms with van der Waals surface area (Å²) in [6.07, 6.45) is -0.403. The second kappa shape index (κ2) is 3.87. The maximum atomic E-state index is 9.20. The molecule has 3 N–H and O–H groups in total. The van der Waals surface area contributed by atoms with Crippen LogP contribution in [0, 0.1) is 0 Å². The predicted octanol–water partition coefficient (Wildman–Crippen LogP) is 0.239. The van der Waals surface area contributed by atoms with Crippen molar-refractivity contribution in [2.24, 2.45) is 0 Å². The lowest BCUT2D eigenvalue weighted by molar-refractivity contribution is 0.105. The Balaban J connectivity index is 2.03. The average Bonchev–Trinajstić information content (AvgIpc) is 2.20. The third-order valence-corrected chi connectivity index (χ3v) is 2.32. The maximum absolute atomic E-state index is 9.20. The first kappa shape index (κ1) is 8.69. The summed E-state index contributed by atoms with van der Waals surface area (Å²) in [6.45, 7) is 1.39. The Labute approximate surface area is 77.8 Å². The minimum absolute atomic E-state index is 0.324. The fourth-order valence-electron chi connectivity index (χ4n) is 1.57. The normalized spacial score (nSPS) is 28.7. The number of piperazine rings is 1. The van der Waals surface area contributed by atoms with Crippen molar-refractivity contribution in [1.82, 2.24) is 10.6 Å². The standard InChI is InChI=1S/C10H14N2O/c13-10-7-11-9(6-12-10)8-4-2-1-3-5-8/h1-5,9-13H,6-7H2. The lowest BCUT2D eigenvalue weighted by Crippen LogP contribution is -2.49. The van der Waals surface area contributed by atoms with Gasteiger partial charge >= 0.3 is 0 Å². The van der Waals surface area contributed by atoms with Crippen molar-refractivity contribution in [2.45, 2.75) is 12.3 Å². The SMILES string of the molecule is OC1CNC(c2ccccc2)CN1. The summed E-state index contributed by atoms with van der Waals surface area (Å²) in [5, 5.41) is 15.5. The molecule has 0 aliphatic carbocycles. The lowest BCUT2D eigenvalue weighted by atomic mass is 10.1. The summed E-state index contributed by atoms with van der Waals surface area (Å²) in [5.74, 6) is 0. The molecule has 0 radical (unpaired) electrons. The second-order valence-electron chi connectivity index (χ2n) is 3.30. The van der Waals surface area contributed by atoms with Gasteiger partial charge in [-0.2, -0.15) is 0 Å². The van der Waals surface area contributed by atoms with E-state index >= 15 is 0 Å². The van der Waals surface area contributed by atoms with Gasteiger partial charge in [0, 0.05) is 19.1 Å². The molecule has 0 amide bonds. The predicted molar refractivity (Wildman–Crippen MR) is 51.2 cm³/mol. The number of aliphatic hydroxyl groups excluding tert-OH is 1. The summed E-state index contributed by atoms with van der Waals surface area (Å²) < 4.78 is 0.